The molecule has 0 unspecified atom stereocenters. The quantitative estimate of drug-likeness (QED) is 0.448. The summed E-state index contributed by atoms with van der Waals surface area (Å²) >= 11 is 6.15. The maximum absolute atomic E-state index is 13.2. The fourth-order valence-corrected chi connectivity index (χ4v) is 4.13. The number of halogens is 1. The van der Waals surface area contributed by atoms with Crippen molar-refractivity contribution in [3.63, 3.8) is 0 Å². The summed E-state index contributed by atoms with van der Waals surface area (Å²) < 4.78 is 11.3. The molecule has 1 aromatic heterocycles. The molecule has 2 heterocycles. The van der Waals surface area contributed by atoms with Gasteiger partial charge in [0.15, 0.2) is 0 Å². The number of hydrogen-bond acceptors (Lipinski definition) is 5. The van der Waals surface area contributed by atoms with Gasteiger partial charge in [-0.15, -0.1) is 0 Å². The molecule has 1 aliphatic heterocycles. The third-order valence-electron chi connectivity index (χ3n) is 5.82. The SMILES string of the molecule is O=C(CN1CCN(CCOc2ccccc2Cl)CC1)N(Cc1ccccc1)Cc1ccco1. The molecule has 1 fully saturated rings. The molecule has 0 radical (unpaired) electrons. The van der Waals surface area contributed by atoms with Crippen molar-refractivity contribution in [3.05, 3.63) is 89.3 Å². The number of furan rings is 1. The minimum Gasteiger partial charge on any atom is -0.491 e. The largest absolute Gasteiger partial charge is 0.491 e. The second kappa shape index (κ2) is 11.9. The van der Waals surface area contributed by atoms with Crippen molar-refractivity contribution < 1.29 is 13.9 Å². The van der Waals surface area contributed by atoms with Gasteiger partial charge in [0.2, 0.25) is 5.91 Å². The molecule has 1 saturated heterocycles. The minimum atomic E-state index is 0.116. The smallest absolute Gasteiger partial charge is 0.237 e. The highest BCUT2D eigenvalue weighted by atomic mass is 35.5. The number of carbonyl (C=O) groups excluding carboxylic acids is 1. The molecule has 33 heavy (non-hydrogen) atoms. The van der Waals surface area contributed by atoms with E-state index in [0.717, 1.165) is 49.8 Å². The molecule has 0 spiro atoms. The molecule has 3 aromatic rings. The summed E-state index contributed by atoms with van der Waals surface area (Å²) in [5.74, 6) is 1.63. The Morgan fingerprint density at radius 1 is 0.909 bits per heavy atom. The fraction of sp³-hybridized carbons (Fsp3) is 0.346. The lowest BCUT2D eigenvalue weighted by molar-refractivity contribution is -0.134. The van der Waals surface area contributed by atoms with Gasteiger partial charge in [0, 0.05) is 39.3 Å². The molecular weight excluding hydrogens is 438 g/mol. The number of amides is 1. The number of carbonyl (C=O) groups is 1. The number of benzene rings is 2. The zero-order valence-corrected chi connectivity index (χ0v) is 19.5. The van der Waals surface area contributed by atoms with Crippen LogP contribution < -0.4 is 4.74 Å². The number of nitrogens with zero attached hydrogens (tertiary/aromatic N) is 3. The Bertz CT molecular complexity index is 989. The van der Waals surface area contributed by atoms with Crippen LogP contribution in [0, 0.1) is 0 Å². The Labute approximate surface area is 200 Å². The lowest BCUT2D eigenvalue weighted by atomic mass is 10.2. The first-order valence-electron chi connectivity index (χ1n) is 11.3. The zero-order valence-electron chi connectivity index (χ0n) is 18.7. The normalized spacial score (nSPS) is 14.8. The number of piperazine rings is 1. The summed E-state index contributed by atoms with van der Waals surface area (Å²) in [4.78, 5) is 19.6. The number of ether oxygens (including phenoxy) is 1. The van der Waals surface area contributed by atoms with Crippen LogP contribution >= 0.6 is 11.6 Å². The molecule has 0 atom stereocenters. The third-order valence-corrected chi connectivity index (χ3v) is 6.13. The van der Waals surface area contributed by atoms with Crippen LogP contribution in [0.25, 0.3) is 0 Å². The lowest BCUT2D eigenvalue weighted by Gasteiger charge is -2.35. The molecular formula is C26H30ClN3O3. The third kappa shape index (κ3) is 7.09. The van der Waals surface area contributed by atoms with E-state index in [9.17, 15) is 4.79 Å². The van der Waals surface area contributed by atoms with E-state index in [4.69, 9.17) is 20.8 Å². The van der Waals surface area contributed by atoms with Crippen molar-refractivity contribution in [2.24, 2.45) is 0 Å². The number of hydrogen-bond donors (Lipinski definition) is 0. The molecule has 1 aliphatic rings. The Kier molecular flexibility index (Phi) is 8.41. The first kappa shape index (κ1) is 23.4. The van der Waals surface area contributed by atoms with Gasteiger partial charge in [-0.2, -0.15) is 0 Å². The standard InChI is InChI=1S/C26H30ClN3O3/c27-24-10-4-5-11-25(24)33-18-16-28-12-14-29(15-13-28)21-26(31)30(20-23-9-6-17-32-23)19-22-7-2-1-3-8-22/h1-11,17H,12-16,18-21H2. The van der Waals surface area contributed by atoms with Crippen LogP contribution in [-0.4, -0.2) is 66.5 Å². The molecule has 0 aliphatic carbocycles. The van der Waals surface area contributed by atoms with Gasteiger partial charge < -0.3 is 14.1 Å². The van der Waals surface area contributed by atoms with Gasteiger partial charge in [0.25, 0.3) is 0 Å². The van der Waals surface area contributed by atoms with Gasteiger partial charge in [0.1, 0.15) is 18.1 Å². The summed E-state index contributed by atoms with van der Waals surface area (Å²) in [6.07, 6.45) is 1.65. The Morgan fingerprint density at radius 3 is 2.36 bits per heavy atom. The van der Waals surface area contributed by atoms with Crippen LogP contribution in [0.4, 0.5) is 0 Å². The van der Waals surface area contributed by atoms with Crippen LogP contribution in [0.1, 0.15) is 11.3 Å². The van der Waals surface area contributed by atoms with Gasteiger partial charge in [0.05, 0.1) is 24.4 Å². The van der Waals surface area contributed by atoms with Crippen LogP contribution in [0.5, 0.6) is 5.75 Å². The summed E-state index contributed by atoms with van der Waals surface area (Å²) in [7, 11) is 0. The van der Waals surface area contributed by atoms with Crippen LogP contribution in [0.15, 0.2) is 77.4 Å². The van der Waals surface area contributed by atoms with Gasteiger partial charge in [-0.05, 0) is 29.8 Å². The monoisotopic (exact) mass is 467 g/mol. The van der Waals surface area contributed by atoms with Crippen molar-refractivity contribution in [2.45, 2.75) is 13.1 Å². The second-order valence-electron chi connectivity index (χ2n) is 8.21. The molecule has 2 aromatic carbocycles. The summed E-state index contributed by atoms with van der Waals surface area (Å²) in [5.41, 5.74) is 1.11. The predicted molar refractivity (Wildman–Crippen MR) is 129 cm³/mol. The first-order valence-corrected chi connectivity index (χ1v) is 11.7. The topological polar surface area (TPSA) is 49.2 Å². The van der Waals surface area contributed by atoms with E-state index in [1.54, 1.807) is 6.26 Å². The van der Waals surface area contributed by atoms with E-state index in [1.165, 1.54) is 0 Å². The van der Waals surface area contributed by atoms with E-state index in [-0.39, 0.29) is 5.91 Å². The Hall–Kier alpha value is -2.80. The molecule has 0 saturated carbocycles. The second-order valence-corrected chi connectivity index (χ2v) is 8.62. The Morgan fingerprint density at radius 2 is 1.64 bits per heavy atom. The molecule has 174 valence electrons. The van der Waals surface area contributed by atoms with Crippen LogP contribution in [-0.2, 0) is 17.9 Å². The summed E-state index contributed by atoms with van der Waals surface area (Å²) in [6.45, 7) is 6.43. The summed E-state index contributed by atoms with van der Waals surface area (Å²) in [5, 5.41) is 0.635. The van der Waals surface area contributed by atoms with E-state index < -0.39 is 0 Å². The average Bonchev–Trinajstić information content (AvgIpc) is 3.35. The fourth-order valence-electron chi connectivity index (χ4n) is 3.94. The van der Waals surface area contributed by atoms with Crippen LogP contribution in [0.2, 0.25) is 5.02 Å². The van der Waals surface area contributed by atoms with Gasteiger partial charge in [-0.3, -0.25) is 14.6 Å². The van der Waals surface area contributed by atoms with Gasteiger partial charge >= 0.3 is 0 Å². The molecule has 0 N–H and O–H groups in total. The average molecular weight is 468 g/mol. The highest BCUT2D eigenvalue weighted by molar-refractivity contribution is 6.32. The van der Waals surface area contributed by atoms with E-state index in [2.05, 4.69) is 9.80 Å². The van der Waals surface area contributed by atoms with E-state index in [1.807, 2.05) is 71.6 Å². The number of rotatable bonds is 10. The van der Waals surface area contributed by atoms with Crippen molar-refractivity contribution >= 4 is 17.5 Å². The molecule has 4 rings (SSSR count). The van der Waals surface area contributed by atoms with Crippen molar-refractivity contribution in [3.8, 4) is 5.75 Å². The van der Waals surface area contributed by atoms with E-state index >= 15 is 0 Å². The first-order chi connectivity index (χ1) is 16.2. The highest BCUT2D eigenvalue weighted by Crippen LogP contribution is 2.23. The minimum absolute atomic E-state index is 0.116. The molecule has 7 heteroatoms. The highest BCUT2D eigenvalue weighted by Gasteiger charge is 2.22. The van der Waals surface area contributed by atoms with Crippen LogP contribution in [0.3, 0.4) is 0 Å². The molecule has 0 bridgehead atoms. The van der Waals surface area contributed by atoms with Crippen molar-refractivity contribution in [2.75, 3.05) is 45.9 Å². The molecule has 1 amide bonds. The lowest BCUT2D eigenvalue weighted by Crippen LogP contribution is -2.50. The van der Waals surface area contributed by atoms with Gasteiger partial charge in [-0.25, -0.2) is 0 Å². The Balaban J connectivity index is 1.24. The van der Waals surface area contributed by atoms with Crippen molar-refractivity contribution in [1.29, 1.82) is 0 Å². The number of para-hydroxylation sites is 1. The predicted octanol–water partition coefficient (Wildman–Crippen LogP) is 4.16. The maximum atomic E-state index is 13.2. The van der Waals surface area contributed by atoms with Crippen molar-refractivity contribution in [1.82, 2.24) is 14.7 Å². The zero-order chi connectivity index (χ0) is 22.9. The molecule has 6 nitrogen and oxygen atoms in total. The van der Waals surface area contributed by atoms with Gasteiger partial charge in [-0.1, -0.05) is 54.1 Å². The maximum Gasteiger partial charge on any atom is 0.237 e. The summed E-state index contributed by atoms with van der Waals surface area (Å²) in [6, 6.07) is 21.4. The van der Waals surface area contributed by atoms with E-state index in [0.29, 0.717) is 31.3 Å².